The molecule has 0 saturated heterocycles. The average molecular weight is 222 g/mol. The van der Waals surface area contributed by atoms with E-state index in [2.05, 4.69) is 18.7 Å². The molecule has 4 nitrogen and oxygen atoms in total. The summed E-state index contributed by atoms with van der Waals surface area (Å²) in [6.45, 7) is 5.43. The Hall–Kier alpha value is -1.58. The van der Waals surface area contributed by atoms with Crippen molar-refractivity contribution in [2.24, 2.45) is 0 Å². The standard InChI is InChI=1S/C12H18N2O2/c1-8(2)14(3)10-7-12-11(6-9(10)13)15-4-5-16-12/h6-8H,4-5,13H2,1-3H3. The van der Waals surface area contributed by atoms with Crippen molar-refractivity contribution in [1.29, 1.82) is 0 Å². The summed E-state index contributed by atoms with van der Waals surface area (Å²) in [4.78, 5) is 2.12. The predicted molar refractivity (Wildman–Crippen MR) is 65.4 cm³/mol. The third-order valence-corrected chi connectivity index (χ3v) is 2.85. The zero-order chi connectivity index (χ0) is 11.7. The molecule has 1 heterocycles. The van der Waals surface area contributed by atoms with Crippen molar-refractivity contribution in [3.63, 3.8) is 0 Å². The largest absolute Gasteiger partial charge is 0.486 e. The molecule has 1 aliphatic heterocycles. The van der Waals surface area contributed by atoms with E-state index in [0.717, 1.165) is 22.9 Å². The van der Waals surface area contributed by atoms with Gasteiger partial charge in [0.2, 0.25) is 0 Å². The van der Waals surface area contributed by atoms with Gasteiger partial charge in [-0.1, -0.05) is 0 Å². The van der Waals surface area contributed by atoms with E-state index in [1.807, 2.05) is 19.2 Å². The molecule has 2 rings (SSSR count). The lowest BCUT2D eigenvalue weighted by Gasteiger charge is -2.27. The van der Waals surface area contributed by atoms with Crippen LogP contribution in [0, 0.1) is 0 Å². The number of nitrogens with two attached hydrogens (primary N) is 1. The summed E-state index contributed by atoms with van der Waals surface area (Å²) in [5.74, 6) is 1.52. The first-order valence-electron chi connectivity index (χ1n) is 5.51. The van der Waals surface area contributed by atoms with Crippen molar-refractivity contribution < 1.29 is 9.47 Å². The van der Waals surface area contributed by atoms with Crippen LogP contribution in [0.5, 0.6) is 11.5 Å². The molecule has 1 aromatic rings. The van der Waals surface area contributed by atoms with Gasteiger partial charge >= 0.3 is 0 Å². The Morgan fingerprint density at radius 1 is 1.19 bits per heavy atom. The van der Waals surface area contributed by atoms with Crippen LogP contribution in [0.15, 0.2) is 12.1 Å². The molecule has 1 aliphatic rings. The summed E-state index contributed by atoms with van der Waals surface area (Å²) in [7, 11) is 2.02. The average Bonchev–Trinajstić information content (AvgIpc) is 2.27. The van der Waals surface area contributed by atoms with Gasteiger partial charge in [0.15, 0.2) is 11.5 Å². The first kappa shape index (κ1) is 10.9. The minimum Gasteiger partial charge on any atom is -0.486 e. The van der Waals surface area contributed by atoms with Gasteiger partial charge < -0.3 is 20.1 Å². The van der Waals surface area contributed by atoms with Crippen LogP contribution >= 0.6 is 0 Å². The number of benzene rings is 1. The van der Waals surface area contributed by atoms with Gasteiger partial charge in [-0.3, -0.25) is 0 Å². The fraction of sp³-hybridized carbons (Fsp3) is 0.500. The van der Waals surface area contributed by atoms with Crippen LogP contribution in [0.2, 0.25) is 0 Å². The molecule has 0 radical (unpaired) electrons. The molecule has 1 aromatic carbocycles. The highest BCUT2D eigenvalue weighted by molar-refractivity contribution is 5.73. The van der Waals surface area contributed by atoms with Gasteiger partial charge in [-0.2, -0.15) is 0 Å². The van der Waals surface area contributed by atoms with E-state index in [4.69, 9.17) is 15.2 Å². The number of rotatable bonds is 2. The van der Waals surface area contributed by atoms with Gasteiger partial charge in [0, 0.05) is 25.2 Å². The third-order valence-electron chi connectivity index (χ3n) is 2.85. The van der Waals surface area contributed by atoms with Crippen LogP contribution in [0.3, 0.4) is 0 Å². The van der Waals surface area contributed by atoms with E-state index in [1.165, 1.54) is 0 Å². The predicted octanol–water partition coefficient (Wildman–Crippen LogP) is 1.88. The Morgan fingerprint density at radius 3 is 2.31 bits per heavy atom. The summed E-state index contributed by atoms with van der Waals surface area (Å²) >= 11 is 0. The zero-order valence-electron chi connectivity index (χ0n) is 9.99. The molecule has 0 amide bonds. The van der Waals surface area contributed by atoms with Crippen LogP contribution in [-0.4, -0.2) is 26.3 Å². The molecule has 16 heavy (non-hydrogen) atoms. The van der Waals surface area contributed by atoms with Crippen molar-refractivity contribution in [3.8, 4) is 11.5 Å². The molecule has 2 N–H and O–H groups in total. The molecule has 0 atom stereocenters. The molecular formula is C12H18N2O2. The smallest absolute Gasteiger partial charge is 0.163 e. The Kier molecular flexibility index (Phi) is 2.81. The summed E-state index contributed by atoms with van der Waals surface area (Å²) in [5, 5.41) is 0. The van der Waals surface area contributed by atoms with Gasteiger partial charge in [0.25, 0.3) is 0 Å². The summed E-state index contributed by atoms with van der Waals surface area (Å²) in [6, 6.07) is 4.18. The highest BCUT2D eigenvalue weighted by atomic mass is 16.6. The zero-order valence-corrected chi connectivity index (χ0v) is 9.99. The van der Waals surface area contributed by atoms with Crippen LogP contribution in [0.4, 0.5) is 11.4 Å². The third kappa shape index (κ3) is 1.87. The minimum atomic E-state index is 0.393. The number of ether oxygens (including phenoxy) is 2. The molecule has 88 valence electrons. The van der Waals surface area contributed by atoms with Crippen molar-refractivity contribution in [1.82, 2.24) is 0 Å². The van der Waals surface area contributed by atoms with E-state index >= 15 is 0 Å². The Morgan fingerprint density at radius 2 is 1.75 bits per heavy atom. The summed E-state index contributed by atoms with van der Waals surface area (Å²) < 4.78 is 11.0. The maximum absolute atomic E-state index is 6.01. The topological polar surface area (TPSA) is 47.7 Å². The maximum atomic E-state index is 6.01. The lowest BCUT2D eigenvalue weighted by molar-refractivity contribution is 0.172. The quantitative estimate of drug-likeness (QED) is 0.776. The van der Waals surface area contributed by atoms with Crippen molar-refractivity contribution in [3.05, 3.63) is 12.1 Å². The number of anilines is 2. The van der Waals surface area contributed by atoms with Gasteiger partial charge in [-0.05, 0) is 13.8 Å². The highest BCUT2D eigenvalue weighted by Crippen LogP contribution is 2.38. The monoisotopic (exact) mass is 222 g/mol. The van der Waals surface area contributed by atoms with Gasteiger partial charge in [-0.25, -0.2) is 0 Å². The van der Waals surface area contributed by atoms with Crippen molar-refractivity contribution in [2.45, 2.75) is 19.9 Å². The number of nitrogen functional groups attached to an aromatic ring is 1. The summed E-state index contributed by atoms with van der Waals surface area (Å²) in [5.41, 5.74) is 7.71. The fourth-order valence-electron chi connectivity index (χ4n) is 1.68. The molecule has 0 saturated carbocycles. The number of nitrogens with zero attached hydrogens (tertiary/aromatic N) is 1. The number of hydrogen-bond acceptors (Lipinski definition) is 4. The van der Waals surface area contributed by atoms with Crippen LogP contribution in [0.1, 0.15) is 13.8 Å². The number of fused-ring (bicyclic) bond motifs is 1. The minimum absolute atomic E-state index is 0.393. The van der Waals surface area contributed by atoms with Gasteiger partial charge in [-0.15, -0.1) is 0 Å². The van der Waals surface area contributed by atoms with Crippen LogP contribution in [0.25, 0.3) is 0 Å². The first-order valence-corrected chi connectivity index (χ1v) is 5.51. The SMILES string of the molecule is CC(C)N(C)c1cc2c(cc1N)OCCO2. The summed E-state index contributed by atoms with van der Waals surface area (Å²) in [6.07, 6.45) is 0. The highest BCUT2D eigenvalue weighted by Gasteiger charge is 2.17. The second-order valence-corrected chi connectivity index (χ2v) is 4.26. The van der Waals surface area contributed by atoms with Crippen LogP contribution in [-0.2, 0) is 0 Å². The molecular weight excluding hydrogens is 204 g/mol. The lowest BCUT2D eigenvalue weighted by Crippen LogP contribution is -2.27. The Balaban J connectivity index is 2.39. The van der Waals surface area contributed by atoms with E-state index < -0.39 is 0 Å². The number of hydrogen-bond donors (Lipinski definition) is 1. The second-order valence-electron chi connectivity index (χ2n) is 4.26. The van der Waals surface area contributed by atoms with E-state index in [-0.39, 0.29) is 0 Å². The van der Waals surface area contributed by atoms with E-state index in [9.17, 15) is 0 Å². The molecule has 4 heteroatoms. The normalized spacial score (nSPS) is 14.0. The maximum Gasteiger partial charge on any atom is 0.163 e. The molecule has 0 fully saturated rings. The lowest BCUT2D eigenvalue weighted by atomic mass is 10.2. The second kappa shape index (κ2) is 4.12. The van der Waals surface area contributed by atoms with Crippen LogP contribution < -0.4 is 20.1 Å². The molecule has 0 unspecified atom stereocenters. The van der Waals surface area contributed by atoms with E-state index in [1.54, 1.807) is 0 Å². The molecule has 0 spiro atoms. The van der Waals surface area contributed by atoms with Crippen molar-refractivity contribution in [2.75, 3.05) is 30.9 Å². The Labute approximate surface area is 95.9 Å². The first-order chi connectivity index (χ1) is 7.59. The molecule has 0 bridgehead atoms. The van der Waals surface area contributed by atoms with Crippen molar-refractivity contribution >= 4 is 11.4 Å². The molecule has 0 aromatic heterocycles. The van der Waals surface area contributed by atoms with Gasteiger partial charge in [0.1, 0.15) is 13.2 Å². The molecule has 0 aliphatic carbocycles. The Bertz CT molecular complexity index is 391. The van der Waals surface area contributed by atoms with E-state index in [0.29, 0.717) is 19.3 Å². The van der Waals surface area contributed by atoms with Gasteiger partial charge in [0.05, 0.1) is 11.4 Å². The fourth-order valence-corrected chi connectivity index (χ4v) is 1.68.